The molecule has 1 N–H and O–H groups in total. The number of rotatable bonds is 2. The summed E-state index contributed by atoms with van der Waals surface area (Å²) in [6.07, 6.45) is 1.09. The van der Waals surface area contributed by atoms with Gasteiger partial charge in [-0.25, -0.2) is 4.79 Å². The summed E-state index contributed by atoms with van der Waals surface area (Å²) in [7, 11) is 0. The van der Waals surface area contributed by atoms with Gasteiger partial charge < -0.3 is 15.0 Å². The van der Waals surface area contributed by atoms with Gasteiger partial charge in [-0.2, -0.15) is 0 Å². The van der Waals surface area contributed by atoms with Crippen LogP contribution in [0.15, 0.2) is 0 Å². The van der Waals surface area contributed by atoms with Crippen LogP contribution in [-0.2, 0) is 4.74 Å². The van der Waals surface area contributed by atoms with Gasteiger partial charge in [-0.3, -0.25) is 0 Å². The number of ether oxygens (including phenoxy) is 1. The Kier molecular flexibility index (Phi) is 4.39. The predicted molar refractivity (Wildman–Crippen MR) is 59.9 cm³/mol. The first-order chi connectivity index (χ1) is 7.04. The maximum absolute atomic E-state index is 11.9. The number of morpholine rings is 1. The SMILES string of the molecule is CCC1COC(C)CN1C(=O)NC(C)C. The minimum Gasteiger partial charge on any atom is -0.375 e. The second-order valence-electron chi connectivity index (χ2n) is 4.46. The number of carbonyl (C=O) groups is 1. The van der Waals surface area contributed by atoms with Crippen molar-refractivity contribution >= 4 is 6.03 Å². The molecule has 0 aromatic heterocycles. The number of nitrogens with one attached hydrogen (secondary N) is 1. The molecule has 0 bridgehead atoms. The molecule has 2 atom stereocenters. The molecule has 1 aliphatic heterocycles. The maximum Gasteiger partial charge on any atom is 0.318 e. The molecule has 1 fully saturated rings. The number of urea groups is 1. The average Bonchev–Trinajstić information content (AvgIpc) is 2.16. The van der Waals surface area contributed by atoms with Gasteiger partial charge in [-0.15, -0.1) is 0 Å². The maximum atomic E-state index is 11.9. The van der Waals surface area contributed by atoms with Crippen molar-refractivity contribution in [2.75, 3.05) is 13.2 Å². The Hall–Kier alpha value is -0.770. The lowest BCUT2D eigenvalue weighted by Crippen LogP contribution is -2.55. The van der Waals surface area contributed by atoms with Gasteiger partial charge in [0.1, 0.15) is 0 Å². The molecule has 2 unspecified atom stereocenters. The van der Waals surface area contributed by atoms with Crippen molar-refractivity contribution in [3.63, 3.8) is 0 Å². The summed E-state index contributed by atoms with van der Waals surface area (Å²) in [6.45, 7) is 9.38. The van der Waals surface area contributed by atoms with E-state index in [0.29, 0.717) is 13.2 Å². The molecule has 1 saturated heterocycles. The Labute approximate surface area is 92.0 Å². The number of hydrogen-bond acceptors (Lipinski definition) is 2. The monoisotopic (exact) mass is 214 g/mol. The summed E-state index contributed by atoms with van der Waals surface area (Å²) >= 11 is 0. The van der Waals surface area contributed by atoms with Crippen LogP contribution >= 0.6 is 0 Å². The van der Waals surface area contributed by atoms with Crippen LogP contribution in [0.4, 0.5) is 4.79 Å². The lowest BCUT2D eigenvalue weighted by atomic mass is 10.1. The van der Waals surface area contributed by atoms with E-state index in [0.717, 1.165) is 6.42 Å². The quantitative estimate of drug-likeness (QED) is 0.758. The van der Waals surface area contributed by atoms with Gasteiger partial charge in [0.05, 0.1) is 18.8 Å². The van der Waals surface area contributed by atoms with Crippen LogP contribution in [-0.4, -0.2) is 42.3 Å². The summed E-state index contributed by atoms with van der Waals surface area (Å²) in [5.74, 6) is 0. The van der Waals surface area contributed by atoms with Crippen LogP contribution in [0.5, 0.6) is 0 Å². The Morgan fingerprint density at radius 1 is 1.60 bits per heavy atom. The first kappa shape index (κ1) is 12.3. The molecule has 0 radical (unpaired) electrons. The summed E-state index contributed by atoms with van der Waals surface area (Å²) in [4.78, 5) is 13.8. The fraction of sp³-hybridized carbons (Fsp3) is 0.909. The standard InChI is InChI=1S/C11H22N2O2/c1-5-10-7-15-9(4)6-13(10)11(14)12-8(2)3/h8-10H,5-7H2,1-4H3,(H,12,14). The number of amides is 2. The van der Waals surface area contributed by atoms with Gasteiger partial charge >= 0.3 is 6.03 Å². The van der Waals surface area contributed by atoms with Gasteiger partial charge in [-0.1, -0.05) is 6.92 Å². The molecule has 1 rings (SSSR count). The Balaban J connectivity index is 2.58. The van der Waals surface area contributed by atoms with E-state index >= 15 is 0 Å². The zero-order chi connectivity index (χ0) is 11.4. The van der Waals surface area contributed by atoms with Gasteiger partial charge in [0, 0.05) is 12.6 Å². The second-order valence-corrected chi connectivity index (χ2v) is 4.46. The summed E-state index contributed by atoms with van der Waals surface area (Å²) in [6, 6.07) is 0.445. The van der Waals surface area contributed by atoms with Crippen LogP contribution in [0.2, 0.25) is 0 Å². The number of hydrogen-bond donors (Lipinski definition) is 1. The topological polar surface area (TPSA) is 41.6 Å². The van der Waals surface area contributed by atoms with Crippen LogP contribution in [0.3, 0.4) is 0 Å². The highest BCUT2D eigenvalue weighted by Gasteiger charge is 2.29. The zero-order valence-electron chi connectivity index (χ0n) is 10.1. The largest absolute Gasteiger partial charge is 0.375 e. The highest BCUT2D eigenvalue weighted by molar-refractivity contribution is 5.75. The molecule has 4 nitrogen and oxygen atoms in total. The smallest absolute Gasteiger partial charge is 0.318 e. The normalized spacial score (nSPS) is 26.9. The Bertz CT molecular complexity index is 219. The van der Waals surface area contributed by atoms with E-state index in [1.165, 1.54) is 0 Å². The average molecular weight is 214 g/mol. The highest BCUT2D eigenvalue weighted by atomic mass is 16.5. The van der Waals surface area contributed by atoms with Gasteiger partial charge in [0.15, 0.2) is 0 Å². The van der Waals surface area contributed by atoms with Crippen molar-refractivity contribution < 1.29 is 9.53 Å². The van der Waals surface area contributed by atoms with Crippen molar-refractivity contribution in [1.82, 2.24) is 10.2 Å². The molecule has 2 amide bonds. The molecule has 0 spiro atoms. The van der Waals surface area contributed by atoms with E-state index in [1.807, 2.05) is 25.7 Å². The van der Waals surface area contributed by atoms with E-state index in [4.69, 9.17) is 4.74 Å². The van der Waals surface area contributed by atoms with E-state index in [9.17, 15) is 4.79 Å². The fourth-order valence-corrected chi connectivity index (χ4v) is 1.76. The number of nitrogens with zero attached hydrogens (tertiary/aromatic N) is 1. The molecule has 15 heavy (non-hydrogen) atoms. The van der Waals surface area contributed by atoms with E-state index in [-0.39, 0.29) is 24.2 Å². The van der Waals surface area contributed by atoms with E-state index in [2.05, 4.69) is 12.2 Å². The van der Waals surface area contributed by atoms with Crippen LogP contribution in [0.1, 0.15) is 34.1 Å². The molecule has 1 aliphatic rings. The Morgan fingerprint density at radius 2 is 2.27 bits per heavy atom. The van der Waals surface area contributed by atoms with Crippen LogP contribution in [0.25, 0.3) is 0 Å². The molecule has 4 heteroatoms. The fourth-order valence-electron chi connectivity index (χ4n) is 1.76. The number of carbonyl (C=O) groups excluding carboxylic acids is 1. The molecular weight excluding hydrogens is 192 g/mol. The third-order valence-corrected chi connectivity index (χ3v) is 2.61. The zero-order valence-corrected chi connectivity index (χ0v) is 10.1. The predicted octanol–water partition coefficient (Wildman–Crippen LogP) is 1.60. The van der Waals surface area contributed by atoms with E-state index in [1.54, 1.807) is 0 Å². The van der Waals surface area contributed by atoms with Crippen molar-refractivity contribution in [3.05, 3.63) is 0 Å². The minimum atomic E-state index is 0.0343. The van der Waals surface area contributed by atoms with Crippen molar-refractivity contribution in [3.8, 4) is 0 Å². The van der Waals surface area contributed by atoms with Crippen LogP contribution < -0.4 is 5.32 Å². The van der Waals surface area contributed by atoms with Gasteiger partial charge in [0.2, 0.25) is 0 Å². The summed E-state index contributed by atoms with van der Waals surface area (Å²) < 4.78 is 5.55. The van der Waals surface area contributed by atoms with Crippen molar-refractivity contribution in [1.29, 1.82) is 0 Å². The molecule has 0 aliphatic carbocycles. The van der Waals surface area contributed by atoms with Crippen LogP contribution in [0, 0.1) is 0 Å². The second kappa shape index (κ2) is 5.35. The Morgan fingerprint density at radius 3 is 2.80 bits per heavy atom. The molecular formula is C11H22N2O2. The molecule has 0 aromatic rings. The first-order valence-electron chi connectivity index (χ1n) is 5.73. The third kappa shape index (κ3) is 3.38. The molecule has 0 aromatic carbocycles. The highest BCUT2D eigenvalue weighted by Crippen LogP contribution is 2.14. The molecule has 88 valence electrons. The van der Waals surface area contributed by atoms with E-state index < -0.39 is 0 Å². The lowest BCUT2D eigenvalue weighted by Gasteiger charge is -2.38. The lowest BCUT2D eigenvalue weighted by molar-refractivity contribution is -0.0380. The summed E-state index contributed by atoms with van der Waals surface area (Å²) in [5.41, 5.74) is 0. The first-order valence-corrected chi connectivity index (χ1v) is 5.73. The van der Waals surface area contributed by atoms with Crippen molar-refractivity contribution in [2.45, 2.75) is 52.3 Å². The summed E-state index contributed by atoms with van der Waals surface area (Å²) in [5, 5.41) is 2.93. The molecule has 1 heterocycles. The van der Waals surface area contributed by atoms with Gasteiger partial charge in [0.25, 0.3) is 0 Å². The van der Waals surface area contributed by atoms with Crippen molar-refractivity contribution in [2.24, 2.45) is 0 Å². The minimum absolute atomic E-state index is 0.0343. The molecule has 0 saturated carbocycles. The van der Waals surface area contributed by atoms with Gasteiger partial charge in [-0.05, 0) is 27.2 Å². The third-order valence-electron chi connectivity index (χ3n) is 2.61.